The molecule has 0 spiro atoms. The number of carbonyl (C=O) groups is 2. The van der Waals surface area contributed by atoms with Crippen molar-refractivity contribution in [3.8, 4) is 5.75 Å². The Kier molecular flexibility index (Phi) is 7.99. The summed E-state index contributed by atoms with van der Waals surface area (Å²) in [5.74, 6) is -0.709. The first kappa shape index (κ1) is 25.3. The number of benzene rings is 2. The molecule has 1 heterocycles. The molecular formula is C27H35N3O4. The molecular weight excluding hydrogens is 430 g/mol. The smallest absolute Gasteiger partial charge is 0.295 e. The Hall–Kier alpha value is -3.32. The summed E-state index contributed by atoms with van der Waals surface area (Å²) in [6.45, 7) is 5.47. The summed E-state index contributed by atoms with van der Waals surface area (Å²) in [6.07, 6.45) is 0.893. The molecule has 1 saturated heterocycles. The summed E-state index contributed by atoms with van der Waals surface area (Å²) in [5.41, 5.74) is 3.20. The van der Waals surface area contributed by atoms with Crippen molar-refractivity contribution < 1.29 is 19.4 Å². The Morgan fingerprint density at radius 3 is 2.29 bits per heavy atom. The summed E-state index contributed by atoms with van der Waals surface area (Å²) in [7, 11) is 7.75. The molecule has 0 aromatic heterocycles. The number of hydrogen-bond acceptors (Lipinski definition) is 6. The number of amides is 1. The van der Waals surface area contributed by atoms with Gasteiger partial charge in [-0.2, -0.15) is 0 Å². The average Bonchev–Trinajstić information content (AvgIpc) is 3.05. The summed E-state index contributed by atoms with van der Waals surface area (Å²) >= 11 is 0. The highest BCUT2D eigenvalue weighted by molar-refractivity contribution is 6.46. The molecule has 1 aliphatic rings. The number of carbonyl (C=O) groups excluding carboxylic acids is 2. The van der Waals surface area contributed by atoms with E-state index < -0.39 is 17.7 Å². The third-order valence-electron chi connectivity index (χ3n) is 5.98. The van der Waals surface area contributed by atoms with Gasteiger partial charge in [0.15, 0.2) is 0 Å². The highest BCUT2D eigenvalue weighted by atomic mass is 16.5. The molecule has 1 fully saturated rings. The molecule has 0 saturated carbocycles. The average molecular weight is 466 g/mol. The molecule has 1 unspecified atom stereocenters. The zero-order valence-corrected chi connectivity index (χ0v) is 21.0. The molecule has 0 radical (unpaired) electrons. The van der Waals surface area contributed by atoms with E-state index in [0.717, 1.165) is 23.2 Å². The van der Waals surface area contributed by atoms with Gasteiger partial charge in [-0.1, -0.05) is 19.1 Å². The van der Waals surface area contributed by atoms with Crippen LogP contribution in [-0.2, 0) is 9.59 Å². The number of likely N-dealkylation sites (tertiary alicyclic amines) is 1. The van der Waals surface area contributed by atoms with Crippen molar-refractivity contribution in [3.05, 3.63) is 64.7 Å². The standard InChI is InChI=1S/C27H35N3O4/c1-7-16-34-21-12-13-22(18(2)17-21)25(31)23-24(19-8-10-20(11-9-19)29(5)6)30(15-14-28(3)4)27(33)26(23)32/h8-13,17,24,31H,7,14-16H2,1-6H3/b25-23-. The van der Waals surface area contributed by atoms with Crippen LogP contribution >= 0.6 is 0 Å². The van der Waals surface area contributed by atoms with Gasteiger partial charge in [0.1, 0.15) is 11.5 Å². The third-order valence-corrected chi connectivity index (χ3v) is 5.98. The maximum Gasteiger partial charge on any atom is 0.295 e. The van der Waals surface area contributed by atoms with Crippen LogP contribution in [0.1, 0.15) is 36.1 Å². The number of ether oxygens (including phenoxy) is 1. The topological polar surface area (TPSA) is 73.3 Å². The number of Topliss-reactive ketones (excluding diaryl/α,β-unsaturated/α-hetero) is 1. The number of aliphatic hydroxyl groups is 1. The van der Waals surface area contributed by atoms with E-state index in [1.807, 2.05) is 82.2 Å². The molecule has 3 rings (SSSR count). The molecule has 2 aromatic rings. The van der Waals surface area contributed by atoms with E-state index >= 15 is 0 Å². The maximum atomic E-state index is 13.2. The van der Waals surface area contributed by atoms with Gasteiger partial charge < -0.3 is 24.5 Å². The molecule has 1 N–H and O–H groups in total. The number of aliphatic hydroxyl groups excluding tert-OH is 1. The molecule has 7 heteroatoms. The van der Waals surface area contributed by atoms with E-state index in [9.17, 15) is 14.7 Å². The van der Waals surface area contributed by atoms with E-state index in [-0.39, 0.29) is 11.3 Å². The fraction of sp³-hybridized carbons (Fsp3) is 0.407. The Morgan fingerprint density at radius 2 is 1.74 bits per heavy atom. The Balaban J connectivity index is 2.10. The number of likely N-dealkylation sites (N-methyl/N-ethyl adjacent to an activating group) is 1. The van der Waals surface area contributed by atoms with Crippen LogP contribution in [0.5, 0.6) is 5.75 Å². The minimum absolute atomic E-state index is 0.117. The Bertz CT molecular complexity index is 1070. The number of nitrogens with zero attached hydrogens (tertiary/aromatic N) is 3. The largest absolute Gasteiger partial charge is 0.507 e. The summed E-state index contributed by atoms with van der Waals surface area (Å²) in [6, 6.07) is 12.4. The molecule has 182 valence electrons. The van der Waals surface area contributed by atoms with E-state index in [0.29, 0.717) is 31.0 Å². The van der Waals surface area contributed by atoms with Gasteiger partial charge in [0.2, 0.25) is 0 Å². The molecule has 2 aromatic carbocycles. The van der Waals surface area contributed by atoms with Crippen LogP contribution in [0, 0.1) is 6.92 Å². The van der Waals surface area contributed by atoms with Crippen LogP contribution in [-0.4, -0.2) is 74.5 Å². The van der Waals surface area contributed by atoms with Crippen LogP contribution in [0.15, 0.2) is 48.0 Å². The monoisotopic (exact) mass is 465 g/mol. The second-order valence-electron chi connectivity index (χ2n) is 9.11. The zero-order chi connectivity index (χ0) is 25.0. The Labute approximate surface area is 202 Å². The van der Waals surface area contributed by atoms with Gasteiger partial charge in [-0.05, 0) is 68.9 Å². The first-order chi connectivity index (χ1) is 16.1. The lowest BCUT2D eigenvalue weighted by molar-refractivity contribution is -0.140. The van der Waals surface area contributed by atoms with Crippen LogP contribution in [0.3, 0.4) is 0 Å². The SMILES string of the molecule is CCCOc1ccc(/C(O)=C2/C(=O)C(=O)N(CCN(C)C)C2c2ccc(N(C)C)cc2)c(C)c1. The Morgan fingerprint density at radius 1 is 1.06 bits per heavy atom. The first-order valence-corrected chi connectivity index (χ1v) is 11.6. The number of rotatable bonds is 9. The quantitative estimate of drug-likeness (QED) is 0.345. The van der Waals surface area contributed by atoms with E-state index in [1.54, 1.807) is 17.0 Å². The van der Waals surface area contributed by atoms with Gasteiger partial charge in [-0.3, -0.25) is 9.59 Å². The van der Waals surface area contributed by atoms with E-state index in [2.05, 4.69) is 0 Å². The van der Waals surface area contributed by atoms with Crippen LogP contribution in [0.25, 0.3) is 5.76 Å². The molecule has 1 amide bonds. The minimum atomic E-state index is -0.663. The van der Waals surface area contributed by atoms with Crippen LogP contribution in [0.2, 0.25) is 0 Å². The summed E-state index contributed by atoms with van der Waals surface area (Å²) < 4.78 is 5.69. The fourth-order valence-electron chi connectivity index (χ4n) is 4.08. The number of aryl methyl sites for hydroxylation is 1. The lowest BCUT2D eigenvalue weighted by atomic mass is 9.93. The number of ketones is 1. The van der Waals surface area contributed by atoms with Gasteiger partial charge in [0.25, 0.3) is 11.7 Å². The number of anilines is 1. The summed E-state index contributed by atoms with van der Waals surface area (Å²) in [4.78, 5) is 31.8. The predicted molar refractivity (Wildman–Crippen MR) is 135 cm³/mol. The van der Waals surface area contributed by atoms with Crippen molar-refractivity contribution in [1.82, 2.24) is 9.80 Å². The van der Waals surface area contributed by atoms with Crippen molar-refractivity contribution in [2.75, 3.05) is 52.8 Å². The molecule has 1 atom stereocenters. The lowest BCUT2D eigenvalue weighted by Gasteiger charge is -2.27. The van der Waals surface area contributed by atoms with Crippen LogP contribution < -0.4 is 9.64 Å². The minimum Gasteiger partial charge on any atom is -0.507 e. The highest BCUT2D eigenvalue weighted by Gasteiger charge is 2.46. The maximum absolute atomic E-state index is 13.2. The molecule has 34 heavy (non-hydrogen) atoms. The van der Waals surface area contributed by atoms with Gasteiger partial charge in [0.05, 0.1) is 18.2 Å². The fourth-order valence-corrected chi connectivity index (χ4v) is 4.08. The molecule has 1 aliphatic heterocycles. The van der Waals surface area contributed by atoms with Gasteiger partial charge in [-0.15, -0.1) is 0 Å². The third kappa shape index (κ3) is 5.25. The van der Waals surface area contributed by atoms with Crippen molar-refractivity contribution in [2.45, 2.75) is 26.3 Å². The molecule has 0 bridgehead atoms. The van der Waals surface area contributed by atoms with E-state index in [4.69, 9.17) is 4.74 Å². The van der Waals surface area contributed by atoms with Gasteiger partial charge in [0, 0.05) is 38.4 Å². The first-order valence-electron chi connectivity index (χ1n) is 11.6. The molecule has 0 aliphatic carbocycles. The van der Waals surface area contributed by atoms with Crippen molar-refractivity contribution in [3.63, 3.8) is 0 Å². The lowest BCUT2D eigenvalue weighted by Crippen LogP contribution is -2.35. The van der Waals surface area contributed by atoms with Crippen molar-refractivity contribution >= 4 is 23.1 Å². The highest BCUT2D eigenvalue weighted by Crippen LogP contribution is 2.40. The predicted octanol–water partition coefficient (Wildman–Crippen LogP) is 3.83. The van der Waals surface area contributed by atoms with Gasteiger partial charge >= 0.3 is 0 Å². The van der Waals surface area contributed by atoms with E-state index in [1.165, 1.54) is 0 Å². The second kappa shape index (κ2) is 10.7. The summed E-state index contributed by atoms with van der Waals surface area (Å²) in [5, 5.41) is 11.3. The normalized spacial score (nSPS) is 17.5. The molecule has 7 nitrogen and oxygen atoms in total. The number of hydrogen-bond donors (Lipinski definition) is 1. The zero-order valence-electron chi connectivity index (χ0n) is 21.0. The van der Waals surface area contributed by atoms with Gasteiger partial charge in [-0.25, -0.2) is 0 Å². The van der Waals surface area contributed by atoms with Crippen LogP contribution in [0.4, 0.5) is 5.69 Å². The van der Waals surface area contributed by atoms with Crippen molar-refractivity contribution in [1.29, 1.82) is 0 Å². The van der Waals surface area contributed by atoms with Crippen molar-refractivity contribution in [2.24, 2.45) is 0 Å². The second-order valence-corrected chi connectivity index (χ2v) is 9.11.